The van der Waals surface area contributed by atoms with Gasteiger partial charge in [0.25, 0.3) is 0 Å². The second-order valence-electron chi connectivity index (χ2n) is 8.63. The molecule has 5 aromatic rings. The lowest BCUT2D eigenvalue weighted by molar-refractivity contribution is -0.141. The summed E-state index contributed by atoms with van der Waals surface area (Å²) in [6.45, 7) is 0.153. The van der Waals surface area contributed by atoms with Crippen molar-refractivity contribution in [3.63, 3.8) is 0 Å². The molecule has 0 aliphatic carbocycles. The van der Waals surface area contributed by atoms with Crippen LogP contribution in [0.1, 0.15) is 16.8 Å². The Bertz CT molecular complexity index is 1680. The maximum absolute atomic E-state index is 13.7. The van der Waals surface area contributed by atoms with E-state index < -0.39 is 23.6 Å². The van der Waals surface area contributed by atoms with Gasteiger partial charge in [-0.15, -0.1) is 0 Å². The van der Waals surface area contributed by atoms with Crippen molar-refractivity contribution in [3.05, 3.63) is 77.7 Å². The number of aromatic nitrogens is 6. The Hall–Kier alpha value is -4.75. The lowest BCUT2D eigenvalue weighted by atomic mass is 10.1. The molecule has 0 unspecified atom stereocenters. The van der Waals surface area contributed by atoms with Crippen molar-refractivity contribution in [2.45, 2.75) is 18.9 Å². The van der Waals surface area contributed by atoms with E-state index in [9.17, 15) is 26.3 Å². The van der Waals surface area contributed by atoms with Crippen LogP contribution in [0.5, 0.6) is 5.88 Å². The summed E-state index contributed by atoms with van der Waals surface area (Å²) in [5, 5.41) is 3.06. The molecule has 0 amide bonds. The molecule has 14 heteroatoms. The second kappa shape index (κ2) is 10.1. The van der Waals surface area contributed by atoms with Gasteiger partial charge in [-0.3, -0.25) is 0 Å². The molecule has 0 aliphatic rings. The number of nitrogens with one attached hydrogen (secondary N) is 1. The maximum Gasteiger partial charge on any atom is 0.434 e. The minimum absolute atomic E-state index is 0.0517. The Kier molecular flexibility index (Phi) is 6.77. The van der Waals surface area contributed by atoms with Crippen LogP contribution in [0, 0.1) is 0 Å². The van der Waals surface area contributed by atoms with Crippen LogP contribution in [0.4, 0.5) is 32.2 Å². The van der Waals surface area contributed by atoms with Gasteiger partial charge in [0.15, 0.2) is 28.5 Å². The zero-order valence-corrected chi connectivity index (χ0v) is 20.8. The molecule has 206 valence electrons. The van der Waals surface area contributed by atoms with E-state index in [0.29, 0.717) is 11.1 Å². The van der Waals surface area contributed by atoms with Crippen molar-refractivity contribution >= 4 is 17.0 Å². The van der Waals surface area contributed by atoms with Crippen LogP contribution in [-0.4, -0.2) is 36.6 Å². The molecule has 0 spiro atoms. The van der Waals surface area contributed by atoms with E-state index in [0.717, 1.165) is 12.3 Å². The summed E-state index contributed by atoms with van der Waals surface area (Å²) in [5.41, 5.74) is -0.723. The molecule has 0 fully saturated rings. The zero-order valence-electron chi connectivity index (χ0n) is 20.8. The lowest BCUT2D eigenvalue weighted by Crippen LogP contribution is -2.10. The average molecular weight is 559 g/mol. The number of nitrogens with zero attached hydrogens (tertiary/aromatic N) is 6. The summed E-state index contributed by atoms with van der Waals surface area (Å²) in [7, 11) is 2.86. The predicted molar refractivity (Wildman–Crippen MR) is 133 cm³/mol. The Morgan fingerprint density at radius 1 is 0.875 bits per heavy atom. The van der Waals surface area contributed by atoms with Gasteiger partial charge in [0.1, 0.15) is 5.82 Å². The van der Waals surface area contributed by atoms with Gasteiger partial charge >= 0.3 is 12.4 Å². The first-order chi connectivity index (χ1) is 18.9. The van der Waals surface area contributed by atoms with Gasteiger partial charge in [0, 0.05) is 30.9 Å². The van der Waals surface area contributed by atoms with E-state index in [4.69, 9.17) is 4.74 Å². The Labute approximate surface area is 222 Å². The number of hydrogen-bond donors (Lipinski definition) is 1. The van der Waals surface area contributed by atoms with Crippen LogP contribution in [0.2, 0.25) is 0 Å². The molecule has 40 heavy (non-hydrogen) atoms. The number of benzene rings is 2. The third kappa shape index (κ3) is 5.37. The van der Waals surface area contributed by atoms with Gasteiger partial charge in [-0.25, -0.2) is 24.9 Å². The summed E-state index contributed by atoms with van der Waals surface area (Å²) >= 11 is 0. The molecule has 0 radical (unpaired) electrons. The number of rotatable bonds is 6. The summed E-state index contributed by atoms with van der Waals surface area (Å²) in [4.78, 5) is 20.7. The number of fused-ring (bicyclic) bond motifs is 1. The van der Waals surface area contributed by atoms with E-state index in [1.165, 1.54) is 43.1 Å². The molecule has 5 rings (SSSR count). The van der Waals surface area contributed by atoms with Crippen LogP contribution in [0.25, 0.3) is 33.9 Å². The monoisotopic (exact) mass is 559 g/mol. The van der Waals surface area contributed by atoms with E-state index in [2.05, 4.69) is 30.2 Å². The van der Waals surface area contributed by atoms with Crippen LogP contribution >= 0.6 is 0 Å². The predicted octanol–water partition coefficient (Wildman–Crippen LogP) is 6.15. The number of aryl methyl sites for hydroxylation is 1. The molecule has 0 atom stereocenters. The molecule has 3 aromatic heterocycles. The third-order valence-corrected chi connectivity index (χ3v) is 5.91. The Morgan fingerprint density at radius 2 is 1.60 bits per heavy atom. The largest absolute Gasteiger partial charge is 0.480 e. The molecule has 8 nitrogen and oxygen atoms in total. The van der Waals surface area contributed by atoms with E-state index in [-0.39, 0.29) is 46.6 Å². The van der Waals surface area contributed by atoms with Gasteiger partial charge in [-0.05, 0) is 11.6 Å². The van der Waals surface area contributed by atoms with Crippen molar-refractivity contribution < 1.29 is 31.1 Å². The Morgan fingerprint density at radius 3 is 2.25 bits per heavy atom. The zero-order chi connectivity index (χ0) is 28.7. The molecule has 0 aliphatic heterocycles. The van der Waals surface area contributed by atoms with Crippen molar-refractivity contribution in [2.75, 3.05) is 12.4 Å². The van der Waals surface area contributed by atoms with Gasteiger partial charge < -0.3 is 14.6 Å². The van der Waals surface area contributed by atoms with Gasteiger partial charge in [0.2, 0.25) is 5.88 Å². The second-order valence-corrected chi connectivity index (χ2v) is 8.63. The highest BCUT2D eigenvalue weighted by atomic mass is 19.4. The number of anilines is 1. The molecule has 0 bridgehead atoms. The number of alkyl halides is 6. The molecule has 1 N–H and O–H groups in total. The van der Waals surface area contributed by atoms with Crippen molar-refractivity contribution in [1.29, 1.82) is 0 Å². The Balaban J connectivity index is 1.48. The van der Waals surface area contributed by atoms with Crippen molar-refractivity contribution in [1.82, 2.24) is 29.5 Å². The van der Waals surface area contributed by atoms with Crippen LogP contribution in [-0.2, 0) is 25.9 Å². The highest BCUT2D eigenvalue weighted by molar-refractivity contribution is 5.85. The molecule has 2 aromatic carbocycles. The van der Waals surface area contributed by atoms with Crippen LogP contribution in [0.15, 0.2) is 60.9 Å². The average Bonchev–Trinajstić information content (AvgIpc) is 3.33. The third-order valence-electron chi connectivity index (χ3n) is 5.91. The minimum atomic E-state index is -4.64. The summed E-state index contributed by atoms with van der Waals surface area (Å²) < 4.78 is 86.5. The van der Waals surface area contributed by atoms with Crippen molar-refractivity contribution in [2.24, 2.45) is 7.05 Å². The van der Waals surface area contributed by atoms with E-state index in [1.807, 2.05) is 0 Å². The van der Waals surface area contributed by atoms with Gasteiger partial charge in [-0.2, -0.15) is 26.3 Å². The van der Waals surface area contributed by atoms with Crippen LogP contribution < -0.4 is 10.1 Å². The normalized spacial score (nSPS) is 12.1. The van der Waals surface area contributed by atoms with E-state index >= 15 is 0 Å². The lowest BCUT2D eigenvalue weighted by Gasteiger charge is -2.14. The number of ether oxygens (including phenoxy) is 1. The molecule has 0 saturated carbocycles. The highest BCUT2D eigenvalue weighted by Gasteiger charge is 2.35. The minimum Gasteiger partial charge on any atom is -0.480 e. The van der Waals surface area contributed by atoms with Gasteiger partial charge in [0.05, 0.1) is 18.9 Å². The fourth-order valence-electron chi connectivity index (χ4n) is 3.99. The number of halogens is 6. The smallest absolute Gasteiger partial charge is 0.434 e. The molecular formula is C26H19F6N7O. The first-order valence-corrected chi connectivity index (χ1v) is 11.6. The SMILES string of the molecule is COc1cnc2nc(-c3ccccc3C(F)(F)F)nc(NCc3ccc(-c4nc(C(F)(F)F)cn4C)cc3)c2n1. The van der Waals surface area contributed by atoms with Gasteiger partial charge in [-0.1, -0.05) is 42.5 Å². The molecule has 0 saturated heterocycles. The first-order valence-electron chi connectivity index (χ1n) is 11.6. The molecule has 3 heterocycles. The number of imidazole rings is 1. The standard InChI is InChI=1S/C26H19F6N7O/c1-39-13-18(26(30,31)32)35-24(39)15-9-7-14(8-10-15)11-33-22-20-23(34-12-19(36-20)40-2)38-21(37-22)16-5-3-4-6-17(16)25(27,28)29/h3-10,12-13H,11H2,1-2H3,(H,33,34,37,38). The van der Waals surface area contributed by atoms with Crippen molar-refractivity contribution in [3.8, 4) is 28.7 Å². The van der Waals surface area contributed by atoms with Crippen LogP contribution in [0.3, 0.4) is 0 Å². The van der Waals surface area contributed by atoms with E-state index in [1.54, 1.807) is 24.3 Å². The topological polar surface area (TPSA) is 90.6 Å². The summed E-state index contributed by atoms with van der Waals surface area (Å²) in [6, 6.07) is 11.5. The summed E-state index contributed by atoms with van der Waals surface area (Å²) in [5.74, 6) is 0.212. The quantitative estimate of drug-likeness (QED) is 0.250. The fraction of sp³-hybridized carbons (Fsp3) is 0.192. The number of methoxy groups -OCH3 is 1. The molecular weight excluding hydrogens is 540 g/mol. The highest BCUT2D eigenvalue weighted by Crippen LogP contribution is 2.37. The number of hydrogen-bond acceptors (Lipinski definition) is 7. The first kappa shape index (κ1) is 26.8. The maximum atomic E-state index is 13.7. The fourth-order valence-corrected chi connectivity index (χ4v) is 3.99. The summed E-state index contributed by atoms with van der Waals surface area (Å²) in [6.07, 6.45) is -7.00.